The molecule has 1 aromatic rings. The SMILES string of the molecule is CNC(=O)CN(C)C(=O)c1ccc(Cl)nc1Cl. The van der Waals surface area contributed by atoms with Crippen molar-refractivity contribution in [3.05, 3.63) is 28.0 Å². The minimum Gasteiger partial charge on any atom is -0.358 e. The van der Waals surface area contributed by atoms with Gasteiger partial charge in [-0.3, -0.25) is 9.59 Å². The van der Waals surface area contributed by atoms with Gasteiger partial charge in [-0.1, -0.05) is 23.2 Å². The van der Waals surface area contributed by atoms with Gasteiger partial charge in [-0.05, 0) is 12.1 Å². The van der Waals surface area contributed by atoms with Gasteiger partial charge in [-0.15, -0.1) is 0 Å². The number of amides is 2. The monoisotopic (exact) mass is 275 g/mol. The van der Waals surface area contributed by atoms with Gasteiger partial charge in [-0.25, -0.2) is 4.98 Å². The van der Waals surface area contributed by atoms with Crippen LogP contribution in [-0.2, 0) is 4.79 Å². The zero-order valence-corrected chi connectivity index (χ0v) is 10.8. The molecule has 0 bridgehead atoms. The molecule has 17 heavy (non-hydrogen) atoms. The maximum Gasteiger partial charge on any atom is 0.257 e. The molecule has 0 saturated carbocycles. The average Bonchev–Trinajstić information content (AvgIpc) is 2.28. The Balaban J connectivity index is 2.85. The Hall–Kier alpha value is -1.33. The van der Waals surface area contributed by atoms with Crippen molar-refractivity contribution in [2.45, 2.75) is 0 Å². The third-order valence-electron chi connectivity index (χ3n) is 2.05. The second-order valence-electron chi connectivity index (χ2n) is 3.31. The van der Waals surface area contributed by atoms with Crippen LogP contribution in [0.3, 0.4) is 0 Å². The van der Waals surface area contributed by atoms with Crippen LogP contribution in [0, 0.1) is 0 Å². The molecule has 5 nitrogen and oxygen atoms in total. The van der Waals surface area contributed by atoms with Gasteiger partial charge in [0.2, 0.25) is 5.91 Å². The normalized spacial score (nSPS) is 9.88. The van der Waals surface area contributed by atoms with E-state index in [4.69, 9.17) is 23.2 Å². The lowest BCUT2D eigenvalue weighted by molar-refractivity contribution is -0.121. The summed E-state index contributed by atoms with van der Waals surface area (Å²) in [7, 11) is 3.00. The van der Waals surface area contributed by atoms with E-state index in [0.717, 1.165) is 0 Å². The molecule has 0 aliphatic carbocycles. The lowest BCUT2D eigenvalue weighted by Gasteiger charge is -2.16. The van der Waals surface area contributed by atoms with Gasteiger partial charge >= 0.3 is 0 Å². The van der Waals surface area contributed by atoms with E-state index in [1.54, 1.807) is 0 Å². The third kappa shape index (κ3) is 3.57. The highest BCUT2D eigenvalue weighted by Crippen LogP contribution is 2.17. The molecular weight excluding hydrogens is 265 g/mol. The molecule has 0 aliphatic rings. The fraction of sp³-hybridized carbons (Fsp3) is 0.300. The summed E-state index contributed by atoms with van der Waals surface area (Å²) in [5.74, 6) is -0.651. The zero-order chi connectivity index (χ0) is 13.0. The summed E-state index contributed by atoms with van der Waals surface area (Å²) in [6, 6.07) is 2.94. The van der Waals surface area contributed by atoms with Crippen LogP contribution in [0.4, 0.5) is 0 Å². The Bertz CT molecular complexity index is 451. The van der Waals surface area contributed by atoms with Crippen molar-refractivity contribution in [1.29, 1.82) is 0 Å². The molecule has 0 saturated heterocycles. The van der Waals surface area contributed by atoms with Gasteiger partial charge in [-0.2, -0.15) is 0 Å². The highest BCUT2D eigenvalue weighted by molar-refractivity contribution is 6.34. The highest BCUT2D eigenvalue weighted by atomic mass is 35.5. The number of rotatable bonds is 3. The van der Waals surface area contributed by atoms with E-state index in [-0.39, 0.29) is 34.2 Å². The molecular formula is C10H11Cl2N3O2. The number of aromatic nitrogens is 1. The molecule has 1 aromatic heterocycles. The Morgan fingerprint density at radius 1 is 1.41 bits per heavy atom. The summed E-state index contributed by atoms with van der Waals surface area (Å²) in [6.07, 6.45) is 0. The third-order valence-corrected chi connectivity index (χ3v) is 2.55. The number of pyridine rings is 1. The lowest BCUT2D eigenvalue weighted by Crippen LogP contribution is -2.37. The van der Waals surface area contributed by atoms with Crippen LogP contribution >= 0.6 is 23.2 Å². The van der Waals surface area contributed by atoms with Crippen molar-refractivity contribution in [3.63, 3.8) is 0 Å². The predicted octanol–water partition coefficient (Wildman–Crippen LogP) is 1.21. The number of nitrogens with one attached hydrogen (secondary N) is 1. The number of likely N-dealkylation sites (N-methyl/N-ethyl adjacent to an activating group) is 2. The second kappa shape index (κ2) is 5.84. The standard InChI is InChI=1S/C10H11Cl2N3O2/c1-13-8(16)5-15(2)10(17)6-3-4-7(11)14-9(6)12/h3-4H,5H2,1-2H3,(H,13,16). The minimum atomic E-state index is -0.386. The Labute approximate surface area is 109 Å². The molecule has 1 rings (SSSR count). The molecule has 92 valence electrons. The van der Waals surface area contributed by atoms with E-state index < -0.39 is 0 Å². The van der Waals surface area contributed by atoms with Crippen molar-refractivity contribution in [1.82, 2.24) is 15.2 Å². The van der Waals surface area contributed by atoms with Crippen molar-refractivity contribution >= 4 is 35.0 Å². The van der Waals surface area contributed by atoms with E-state index in [1.807, 2.05) is 0 Å². The van der Waals surface area contributed by atoms with Gasteiger partial charge in [0.25, 0.3) is 5.91 Å². The first-order chi connectivity index (χ1) is 7.95. The first-order valence-electron chi connectivity index (χ1n) is 4.73. The van der Waals surface area contributed by atoms with Crippen LogP contribution in [0.1, 0.15) is 10.4 Å². The van der Waals surface area contributed by atoms with Gasteiger partial charge in [0, 0.05) is 14.1 Å². The Kier molecular flexibility index (Phi) is 4.72. The summed E-state index contributed by atoms with van der Waals surface area (Å²) >= 11 is 11.4. The van der Waals surface area contributed by atoms with E-state index in [9.17, 15) is 9.59 Å². The van der Waals surface area contributed by atoms with Crippen molar-refractivity contribution in [3.8, 4) is 0 Å². The highest BCUT2D eigenvalue weighted by Gasteiger charge is 2.17. The molecule has 7 heteroatoms. The maximum atomic E-state index is 11.9. The molecule has 0 radical (unpaired) electrons. The smallest absolute Gasteiger partial charge is 0.257 e. The molecule has 2 amide bonds. The fourth-order valence-corrected chi connectivity index (χ4v) is 1.57. The first-order valence-corrected chi connectivity index (χ1v) is 5.49. The quantitative estimate of drug-likeness (QED) is 0.844. The van der Waals surface area contributed by atoms with Crippen LogP contribution in [0.15, 0.2) is 12.1 Å². The van der Waals surface area contributed by atoms with Gasteiger partial charge in [0.1, 0.15) is 10.3 Å². The topological polar surface area (TPSA) is 62.3 Å². The summed E-state index contributed by atoms with van der Waals surface area (Å²) < 4.78 is 0. The van der Waals surface area contributed by atoms with Crippen LogP contribution in [0.5, 0.6) is 0 Å². The van der Waals surface area contributed by atoms with Crippen molar-refractivity contribution in [2.24, 2.45) is 0 Å². The summed E-state index contributed by atoms with van der Waals surface area (Å²) in [5, 5.41) is 2.65. The Morgan fingerprint density at radius 2 is 2.06 bits per heavy atom. The summed E-state index contributed by atoms with van der Waals surface area (Å²) in [6.45, 7) is -0.0473. The maximum absolute atomic E-state index is 11.9. The van der Waals surface area contributed by atoms with Crippen LogP contribution in [-0.4, -0.2) is 42.3 Å². The van der Waals surface area contributed by atoms with Gasteiger partial charge in [0.15, 0.2) is 0 Å². The second-order valence-corrected chi connectivity index (χ2v) is 4.05. The Morgan fingerprint density at radius 3 is 2.59 bits per heavy atom. The van der Waals surface area contributed by atoms with E-state index >= 15 is 0 Å². The largest absolute Gasteiger partial charge is 0.358 e. The molecule has 1 heterocycles. The van der Waals surface area contributed by atoms with Crippen LogP contribution in [0.25, 0.3) is 0 Å². The molecule has 0 spiro atoms. The summed E-state index contributed by atoms with van der Waals surface area (Å²) in [4.78, 5) is 28.0. The van der Waals surface area contributed by atoms with Crippen LogP contribution < -0.4 is 5.32 Å². The van der Waals surface area contributed by atoms with Crippen molar-refractivity contribution < 1.29 is 9.59 Å². The first kappa shape index (κ1) is 13.7. The molecule has 0 atom stereocenters. The van der Waals surface area contributed by atoms with Crippen LogP contribution in [0.2, 0.25) is 10.3 Å². The number of carbonyl (C=O) groups is 2. The zero-order valence-electron chi connectivity index (χ0n) is 9.33. The van der Waals surface area contributed by atoms with E-state index in [0.29, 0.717) is 0 Å². The molecule has 0 unspecified atom stereocenters. The average molecular weight is 276 g/mol. The minimum absolute atomic E-state index is 0.0197. The molecule has 0 aliphatic heterocycles. The summed E-state index contributed by atoms with van der Waals surface area (Å²) in [5.41, 5.74) is 0.211. The number of carbonyl (C=O) groups excluding carboxylic acids is 2. The molecule has 0 fully saturated rings. The number of hydrogen-bond acceptors (Lipinski definition) is 3. The number of halogens is 2. The number of nitrogens with zero attached hydrogens (tertiary/aromatic N) is 2. The van der Waals surface area contributed by atoms with Gasteiger partial charge < -0.3 is 10.2 Å². The van der Waals surface area contributed by atoms with E-state index in [2.05, 4.69) is 10.3 Å². The predicted molar refractivity (Wildman–Crippen MR) is 65.3 cm³/mol. The van der Waals surface area contributed by atoms with E-state index in [1.165, 1.54) is 31.1 Å². The van der Waals surface area contributed by atoms with Crippen molar-refractivity contribution in [2.75, 3.05) is 20.6 Å². The fourth-order valence-electron chi connectivity index (χ4n) is 1.14. The van der Waals surface area contributed by atoms with Gasteiger partial charge in [0.05, 0.1) is 12.1 Å². The molecule has 0 aromatic carbocycles. The molecule has 1 N–H and O–H groups in total. The lowest BCUT2D eigenvalue weighted by atomic mass is 10.2. The number of hydrogen-bond donors (Lipinski definition) is 1.